The van der Waals surface area contributed by atoms with Gasteiger partial charge in [0.15, 0.2) is 5.82 Å². The number of carbonyl (C=O) groups is 2. The summed E-state index contributed by atoms with van der Waals surface area (Å²) in [6, 6.07) is 6.54. The number of carbonyl (C=O) groups excluding carboxylic acids is 1. The molecule has 0 radical (unpaired) electrons. The van der Waals surface area contributed by atoms with Crippen molar-refractivity contribution in [3.05, 3.63) is 47.5 Å². The first-order valence-electron chi connectivity index (χ1n) is 5.48. The van der Waals surface area contributed by atoms with E-state index in [1.807, 2.05) is 0 Å². The van der Waals surface area contributed by atoms with Gasteiger partial charge in [0.25, 0.3) is 0 Å². The van der Waals surface area contributed by atoms with Crippen LogP contribution in [0.15, 0.2) is 30.5 Å². The summed E-state index contributed by atoms with van der Waals surface area (Å²) in [6.45, 7) is 0. The maximum absolute atomic E-state index is 12.2. The molecular formula is C13H12N2O4. The minimum absolute atomic E-state index is 0.0307. The van der Waals surface area contributed by atoms with Gasteiger partial charge in [0, 0.05) is 12.6 Å². The molecule has 2 aromatic rings. The van der Waals surface area contributed by atoms with E-state index in [4.69, 9.17) is 9.84 Å². The maximum Gasteiger partial charge on any atom is 0.354 e. The molecule has 0 aliphatic carbocycles. The Bertz CT molecular complexity index is 629. The summed E-state index contributed by atoms with van der Waals surface area (Å²) in [5.74, 6) is -0.730. The monoisotopic (exact) mass is 260 g/mol. The molecule has 0 amide bonds. The molecule has 0 spiro atoms. The largest absolute Gasteiger partial charge is 0.497 e. The average molecular weight is 260 g/mol. The Hall–Kier alpha value is -2.63. The van der Waals surface area contributed by atoms with E-state index in [2.05, 4.69) is 4.98 Å². The highest BCUT2D eigenvalue weighted by Gasteiger charge is 2.19. The van der Waals surface area contributed by atoms with E-state index in [1.165, 1.54) is 24.9 Å². The number of aromatic nitrogens is 2. The molecule has 1 N–H and O–H groups in total. The van der Waals surface area contributed by atoms with Crippen molar-refractivity contribution in [2.24, 2.45) is 7.05 Å². The first kappa shape index (κ1) is 12.8. The van der Waals surface area contributed by atoms with Crippen molar-refractivity contribution in [3.8, 4) is 5.75 Å². The Labute approximate surface area is 109 Å². The average Bonchev–Trinajstić information content (AvgIpc) is 2.80. The highest BCUT2D eigenvalue weighted by Crippen LogP contribution is 2.15. The molecule has 6 heteroatoms. The number of nitrogens with zero attached hydrogens (tertiary/aromatic N) is 2. The number of imidazole rings is 1. The number of hydrogen-bond acceptors (Lipinski definition) is 4. The quantitative estimate of drug-likeness (QED) is 0.839. The highest BCUT2D eigenvalue weighted by molar-refractivity contribution is 6.07. The van der Waals surface area contributed by atoms with Crippen LogP contribution in [-0.4, -0.2) is 33.5 Å². The number of benzene rings is 1. The van der Waals surface area contributed by atoms with Crippen molar-refractivity contribution in [1.82, 2.24) is 9.55 Å². The van der Waals surface area contributed by atoms with E-state index in [-0.39, 0.29) is 17.3 Å². The van der Waals surface area contributed by atoms with Crippen molar-refractivity contribution in [2.75, 3.05) is 7.11 Å². The lowest BCUT2D eigenvalue weighted by molar-refractivity contribution is 0.0686. The molecule has 0 saturated carbocycles. The van der Waals surface area contributed by atoms with Gasteiger partial charge in [-0.15, -0.1) is 0 Å². The normalized spacial score (nSPS) is 10.2. The topological polar surface area (TPSA) is 81.4 Å². The molecule has 0 saturated heterocycles. The molecule has 0 atom stereocenters. The Morgan fingerprint density at radius 3 is 2.37 bits per heavy atom. The van der Waals surface area contributed by atoms with Gasteiger partial charge < -0.3 is 14.4 Å². The fraction of sp³-hybridized carbons (Fsp3) is 0.154. The van der Waals surface area contributed by atoms with Crippen LogP contribution < -0.4 is 4.74 Å². The van der Waals surface area contributed by atoms with Gasteiger partial charge in [-0.2, -0.15) is 0 Å². The van der Waals surface area contributed by atoms with Gasteiger partial charge in [0.05, 0.1) is 13.3 Å². The molecule has 98 valence electrons. The minimum atomic E-state index is -1.12. The summed E-state index contributed by atoms with van der Waals surface area (Å²) in [5.41, 5.74) is 0.392. The number of carboxylic acids is 1. The van der Waals surface area contributed by atoms with Crippen LogP contribution in [0.25, 0.3) is 0 Å². The minimum Gasteiger partial charge on any atom is -0.497 e. The predicted molar refractivity (Wildman–Crippen MR) is 66.6 cm³/mol. The Balaban J connectivity index is 2.35. The molecule has 0 unspecified atom stereocenters. The van der Waals surface area contributed by atoms with Gasteiger partial charge in [-0.05, 0) is 24.3 Å². The van der Waals surface area contributed by atoms with Crippen molar-refractivity contribution in [1.29, 1.82) is 0 Å². The first-order chi connectivity index (χ1) is 9.04. The van der Waals surface area contributed by atoms with Crippen LogP contribution in [0, 0.1) is 0 Å². The number of methoxy groups -OCH3 is 1. The molecule has 1 aromatic carbocycles. The second kappa shape index (κ2) is 4.93. The third-order valence-electron chi connectivity index (χ3n) is 2.76. The number of rotatable bonds is 4. The lowest BCUT2D eigenvalue weighted by Gasteiger charge is -2.04. The Morgan fingerprint density at radius 1 is 1.26 bits per heavy atom. The molecule has 1 aromatic heterocycles. The van der Waals surface area contributed by atoms with Crippen LogP contribution >= 0.6 is 0 Å². The Morgan fingerprint density at radius 2 is 1.89 bits per heavy atom. The number of carboxylic acid groups (broad SMARTS) is 1. The molecule has 6 nitrogen and oxygen atoms in total. The van der Waals surface area contributed by atoms with E-state index in [0.29, 0.717) is 11.3 Å². The van der Waals surface area contributed by atoms with E-state index < -0.39 is 5.97 Å². The van der Waals surface area contributed by atoms with E-state index >= 15 is 0 Å². The molecule has 0 aliphatic heterocycles. The predicted octanol–water partition coefficient (Wildman–Crippen LogP) is 1.36. The van der Waals surface area contributed by atoms with Crippen LogP contribution in [0.5, 0.6) is 5.75 Å². The van der Waals surface area contributed by atoms with Crippen LogP contribution in [0.3, 0.4) is 0 Å². The standard InChI is InChI=1S/C13H12N2O4/c1-15-10(13(17)18)7-14-12(15)11(16)8-3-5-9(19-2)6-4-8/h3-7H,1-2H3,(H,17,18). The van der Waals surface area contributed by atoms with Crippen LogP contribution in [-0.2, 0) is 7.05 Å². The molecule has 0 bridgehead atoms. The lowest BCUT2D eigenvalue weighted by Crippen LogP contribution is -2.12. The van der Waals surface area contributed by atoms with E-state index in [1.54, 1.807) is 24.3 Å². The van der Waals surface area contributed by atoms with Crippen molar-refractivity contribution in [2.45, 2.75) is 0 Å². The maximum atomic E-state index is 12.2. The van der Waals surface area contributed by atoms with Crippen molar-refractivity contribution in [3.63, 3.8) is 0 Å². The molecule has 19 heavy (non-hydrogen) atoms. The summed E-state index contributed by atoms with van der Waals surface area (Å²) < 4.78 is 6.26. The summed E-state index contributed by atoms with van der Waals surface area (Å²) in [6.07, 6.45) is 1.17. The van der Waals surface area contributed by atoms with Crippen molar-refractivity contribution < 1.29 is 19.4 Å². The van der Waals surface area contributed by atoms with Gasteiger partial charge in [0.1, 0.15) is 11.4 Å². The zero-order chi connectivity index (χ0) is 14.0. The number of ketones is 1. The van der Waals surface area contributed by atoms with Gasteiger partial charge in [-0.3, -0.25) is 4.79 Å². The number of ether oxygens (including phenoxy) is 1. The summed E-state index contributed by atoms with van der Waals surface area (Å²) in [5, 5.41) is 8.91. The van der Waals surface area contributed by atoms with Gasteiger partial charge >= 0.3 is 5.97 Å². The lowest BCUT2D eigenvalue weighted by atomic mass is 10.1. The third kappa shape index (κ3) is 2.33. The summed E-state index contributed by atoms with van der Waals surface area (Å²) >= 11 is 0. The van der Waals surface area contributed by atoms with Crippen LogP contribution in [0.2, 0.25) is 0 Å². The van der Waals surface area contributed by atoms with E-state index in [9.17, 15) is 9.59 Å². The zero-order valence-electron chi connectivity index (χ0n) is 10.5. The Kier molecular flexibility index (Phi) is 3.33. The number of aromatic carboxylic acids is 1. The van der Waals surface area contributed by atoms with Crippen molar-refractivity contribution >= 4 is 11.8 Å². The second-order valence-electron chi connectivity index (χ2n) is 3.89. The zero-order valence-corrected chi connectivity index (χ0v) is 10.5. The first-order valence-corrected chi connectivity index (χ1v) is 5.48. The molecule has 0 aliphatic rings. The summed E-state index contributed by atoms with van der Waals surface area (Å²) in [4.78, 5) is 26.9. The van der Waals surface area contributed by atoms with Crippen LogP contribution in [0.4, 0.5) is 0 Å². The highest BCUT2D eigenvalue weighted by atomic mass is 16.5. The molecular weight excluding hydrogens is 248 g/mol. The molecule has 1 heterocycles. The molecule has 0 fully saturated rings. The SMILES string of the molecule is COc1ccc(C(=O)c2ncc(C(=O)O)n2C)cc1. The number of hydrogen-bond donors (Lipinski definition) is 1. The van der Waals surface area contributed by atoms with Gasteiger partial charge in [0.2, 0.25) is 5.78 Å². The third-order valence-corrected chi connectivity index (χ3v) is 2.76. The fourth-order valence-corrected chi connectivity index (χ4v) is 1.69. The molecule has 2 rings (SSSR count). The van der Waals surface area contributed by atoms with Gasteiger partial charge in [-0.1, -0.05) is 0 Å². The second-order valence-corrected chi connectivity index (χ2v) is 3.89. The smallest absolute Gasteiger partial charge is 0.354 e. The van der Waals surface area contributed by atoms with Gasteiger partial charge in [-0.25, -0.2) is 9.78 Å². The van der Waals surface area contributed by atoms with Crippen LogP contribution in [0.1, 0.15) is 26.7 Å². The fourth-order valence-electron chi connectivity index (χ4n) is 1.69. The van der Waals surface area contributed by atoms with E-state index in [0.717, 1.165) is 0 Å². The summed E-state index contributed by atoms with van der Waals surface area (Å²) in [7, 11) is 3.03.